The Kier molecular flexibility index (Phi) is 5.72. The average Bonchev–Trinajstić information content (AvgIpc) is 2.27. The minimum atomic E-state index is 0.478. The van der Waals surface area contributed by atoms with Crippen LogP contribution in [0.25, 0.3) is 0 Å². The molecule has 0 saturated heterocycles. The normalized spacial score (nSPS) is 12.2. The van der Waals surface area contributed by atoms with Gasteiger partial charge in [-0.05, 0) is 65.0 Å². The first-order valence-corrected chi connectivity index (χ1v) is 6.60. The molecule has 0 aliphatic carbocycles. The Morgan fingerprint density at radius 2 is 2.24 bits per heavy atom. The molecule has 2 nitrogen and oxygen atoms in total. The molecule has 0 fully saturated rings. The predicted molar refractivity (Wildman–Crippen MR) is 76.5 cm³/mol. The SMILES string of the molecule is C=C(C)COc1ccc(C(C)CCN)cc1Br. The molecular weight excluding hydrogens is 278 g/mol. The number of hydrogen-bond donors (Lipinski definition) is 1. The van der Waals surface area contributed by atoms with Gasteiger partial charge in [0.2, 0.25) is 0 Å². The number of ether oxygens (including phenoxy) is 1. The molecule has 1 unspecified atom stereocenters. The second-order valence-electron chi connectivity index (χ2n) is 4.41. The Morgan fingerprint density at radius 1 is 1.53 bits per heavy atom. The summed E-state index contributed by atoms with van der Waals surface area (Å²) in [4.78, 5) is 0. The van der Waals surface area contributed by atoms with Crippen molar-refractivity contribution >= 4 is 15.9 Å². The van der Waals surface area contributed by atoms with Gasteiger partial charge in [-0.2, -0.15) is 0 Å². The smallest absolute Gasteiger partial charge is 0.133 e. The summed E-state index contributed by atoms with van der Waals surface area (Å²) in [5, 5.41) is 0. The molecule has 1 aromatic rings. The van der Waals surface area contributed by atoms with Crippen molar-refractivity contribution in [1.82, 2.24) is 0 Å². The third-order valence-electron chi connectivity index (χ3n) is 2.60. The summed E-state index contributed by atoms with van der Waals surface area (Å²) in [6.45, 7) is 9.22. The molecule has 17 heavy (non-hydrogen) atoms. The summed E-state index contributed by atoms with van der Waals surface area (Å²) in [7, 11) is 0. The Labute approximate surface area is 112 Å². The first-order valence-electron chi connectivity index (χ1n) is 5.81. The van der Waals surface area contributed by atoms with Crippen molar-refractivity contribution in [2.24, 2.45) is 5.73 Å². The highest BCUT2D eigenvalue weighted by Gasteiger charge is 2.08. The van der Waals surface area contributed by atoms with Crippen LogP contribution in [0.3, 0.4) is 0 Å². The summed E-state index contributed by atoms with van der Waals surface area (Å²) in [6, 6.07) is 6.20. The van der Waals surface area contributed by atoms with Crippen LogP contribution >= 0.6 is 15.9 Å². The molecule has 94 valence electrons. The standard InChI is InChI=1S/C14H20BrNO/c1-10(2)9-17-14-5-4-12(8-13(14)15)11(3)6-7-16/h4-5,8,11H,1,6-7,9,16H2,2-3H3. The van der Waals surface area contributed by atoms with Crippen LogP contribution in [0.15, 0.2) is 34.8 Å². The van der Waals surface area contributed by atoms with Gasteiger partial charge >= 0.3 is 0 Å². The number of rotatable bonds is 6. The van der Waals surface area contributed by atoms with E-state index in [1.165, 1.54) is 5.56 Å². The van der Waals surface area contributed by atoms with Crippen molar-refractivity contribution in [2.75, 3.05) is 13.2 Å². The molecule has 1 rings (SSSR count). The number of benzene rings is 1. The van der Waals surface area contributed by atoms with E-state index in [0.717, 1.165) is 22.2 Å². The Morgan fingerprint density at radius 3 is 2.76 bits per heavy atom. The van der Waals surface area contributed by atoms with Gasteiger partial charge in [-0.1, -0.05) is 19.6 Å². The Hall–Kier alpha value is -0.800. The fourth-order valence-electron chi connectivity index (χ4n) is 1.56. The third kappa shape index (κ3) is 4.52. The van der Waals surface area contributed by atoms with Gasteiger partial charge < -0.3 is 10.5 Å². The van der Waals surface area contributed by atoms with E-state index in [9.17, 15) is 0 Å². The monoisotopic (exact) mass is 297 g/mol. The lowest BCUT2D eigenvalue weighted by atomic mass is 9.98. The van der Waals surface area contributed by atoms with Gasteiger partial charge in [0.1, 0.15) is 12.4 Å². The molecule has 1 aromatic carbocycles. The fourth-order valence-corrected chi connectivity index (χ4v) is 2.07. The molecule has 0 aliphatic rings. The summed E-state index contributed by atoms with van der Waals surface area (Å²) >= 11 is 3.53. The van der Waals surface area contributed by atoms with Crippen LogP contribution in [0.1, 0.15) is 31.7 Å². The van der Waals surface area contributed by atoms with Crippen LogP contribution in [-0.4, -0.2) is 13.2 Å². The molecule has 2 N–H and O–H groups in total. The molecule has 0 spiro atoms. The number of halogens is 1. The van der Waals surface area contributed by atoms with Crippen molar-refractivity contribution in [3.63, 3.8) is 0 Å². The minimum absolute atomic E-state index is 0.478. The first kappa shape index (κ1) is 14.3. The third-order valence-corrected chi connectivity index (χ3v) is 3.22. The van der Waals surface area contributed by atoms with Crippen molar-refractivity contribution in [2.45, 2.75) is 26.2 Å². The predicted octanol–water partition coefficient (Wildman–Crippen LogP) is 3.86. The maximum absolute atomic E-state index is 5.62. The van der Waals surface area contributed by atoms with E-state index in [1.54, 1.807) is 0 Å². The molecule has 1 atom stereocenters. The first-order chi connectivity index (χ1) is 8.04. The van der Waals surface area contributed by atoms with Crippen molar-refractivity contribution < 1.29 is 4.74 Å². The minimum Gasteiger partial charge on any atom is -0.488 e. The Balaban J connectivity index is 2.75. The van der Waals surface area contributed by atoms with Crippen LogP contribution < -0.4 is 10.5 Å². The van der Waals surface area contributed by atoms with E-state index in [-0.39, 0.29) is 0 Å². The average molecular weight is 298 g/mol. The van der Waals surface area contributed by atoms with Gasteiger partial charge in [0, 0.05) is 0 Å². The maximum Gasteiger partial charge on any atom is 0.133 e. The van der Waals surface area contributed by atoms with E-state index in [2.05, 4.69) is 41.6 Å². The lowest BCUT2D eigenvalue weighted by molar-refractivity contribution is 0.350. The fraction of sp³-hybridized carbons (Fsp3) is 0.429. The van der Waals surface area contributed by atoms with Gasteiger partial charge in [0.05, 0.1) is 4.47 Å². The van der Waals surface area contributed by atoms with Crippen molar-refractivity contribution in [1.29, 1.82) is 0 Å². The molecule has 0 amide bonds. The van der Waals surface area contributed by atoms with E-state index >= 15 is 0 Å². The quantitative estimate of drug-likeness (QED) is 0.809. The molecule has 0 radical (unpaired) electrons. The van der Waals surface area contributed by atoms with Gasteiger partial charge in [-0.3, -0.25) is 0 Å². The van der Waals surface area contributed by atoms with Gasteiger partial charge in [0.25, 0.3) is 0 Å². The summed E-state index contributed by atoms with van der Waals surface area (Å²) in [5.74, 6) is 1.34. The highest BCUT2D eigenvalue weighted by molar-refractivity contribution is 9.10. The van der Waals surface area contributed by atoms with Gasteiger partial charge in [0.15, 0.2) is 0 Å². The Bertz CT molecular complexity index is 390. The van der Waals surface area contributed by atoms with Crippen LogP contribution in [-0.2, 0) is 0 Å². The molecule has 0 aromatic heterocycles. The number of hydrogen-bond acceptors (Lipinski definition) is 2. The largest absolute Gasteiger partial charge is 0.488 e. The molecule has 3 heteroatoms. The second kappa shape index (κ2) is 6.82. The molecule has 0 bridgehead atoms. The zero-order valence-electron chi connectivity index (χ0n) is 10.5. The van der Waals surface area contributed by atoms with Crippen LogP contribution in [0, 0.1) is 0 Å². The van der Waals surface area contributed by atoms with E-state index in [0.29, 0.717) is 19.1 Å². The van der Waals surface area contributed by atoms with Gasteiger partial charge in [-0.15, -0.1) is 0 Å². The van der Waals surface area contributed by atoms with Crippen LogP contribution in [0.2, 0.25) is 0 Å². The highest BCUT2D eigenvalue weighted by atomic mass is 79.9. The van der Waals surface area contributed by atoms with Crippen LogP contribution in [0.4, 0.5) is 0 Å². The topological polar surface area (TPSA) is 35.2 Å². The zero-order chi connectivity index (χ0) is 12.8. The highest BCUT2D eigenvalue weighted by Crippen LogP contribution is 2.30. The summed E-state index contributed by atoms with van der Waals surface area (Å²) < 4.78 is 6.61. The van der Waals surface area contributed by atoms with Crippen LogP contribution in [0.5, 0.6) is 5.75 Å². The van der Waals surface area contributed by atoms with Gasteiger partial charge in [-0.25, -0.2) is 0 Å². The van der Waals surface area contributed by atoms with E-state index < -0.39 is 0 Å². The van der Waals surface area contributed by atoms with Crippen molar-refractivity contribution in [3.05, 3.63) is 40.4 Å². The molecule has 0 saturated carbocycles. The summed E-state index contributed by atoms with van der Waals surface area (Å²) in [5.41, 5.74) is 7.86. The lowest BCUT2D eigenvalue weighted by Crippen LogP contribution is -2.05. The lowest BCUT2D eigenvalue weighted by Gasteiger charge is -2.13. The summed E-state index contributed by atoms with van der Waals surface area (Å²) in [6.07, 6.45) is 0.998. The molecule has 0 heterocycles. The maximum atomic E-state index is 5.62. The second-order valence-corrected chi connectivity index (χ2v) is 5.27. The molecular formula is C14H20BrNO. The zero-order valence-corrected chi connectivity index (χ0v) is 12.1. The molecule has 0 aliphatic heterocycles. The van der Waals surface area contributed by atoms with E-state index in [1.807, 2.05) is 13.0 Å². The van der Waals surface area contributed by atoms with E-state index in [4.69, 9.17) is 10.5 Å². The number of nitrogens with two attached hydrogens (primary N) is 1. The van der Waals surface area contributed by atoms with Crippen molar-refractivity contribution in [3.8, 4) is 5.75 Å².